The Bertz CT molecular complexity index is 322. The number of halogens is 1. The van der Waals surface area contributed by atoms with Crippen LogP contribution in [0.2, 0.25) is 0 Å². The molecule has 1 aromatic heterocycles. The number of carboxylic acid groups (broad SMARTS) is 1. The van der Waals surface area contributed by atoms with Crippen molar-refractivity contribution in [3.05, 3.63) is 16.1 Å². The van der Waals surface area contributed by atoms with E-state index >= 15 is 0 Å². The van der Waals surface area contributed by atoms with Gasteiger partial charge >= 0.3 is 5.97 Å². The first-order valence-corrected chi connectivity index (χ1v) is 4.60. The molecule has 3 nitrogen and oxygen atoms in total. The summed E-state index contributed by atoms with van der Waals surface area (Å²) in [7, 11) is 0. The predicted molar refractivity (Wildman–Crippen MR) is 47.6 cm³/mol. The van der Waals surface area contributed by atoms with Gasteiger partial charge in [0.25, 0.3) is 0 Å². The lowest BCUT2D eigenvalue weighted by atomic mass is 9.95. The number of alkyl halides is 1. The zero-order chi connectivity index (χ0) is 10.1. The molecule has 0 aliphatic heterocycles. The Hall–Kier alpha value is -0.970. The van der Waals surface area contributed by atoms with Crippen molar-refractivity contribution in [1.82, 2.24) is 4.98 Å². The Morgan fingerprint density at radius 3 is 2.77 bits per heavy atom. The van der Waals surface area contributed by atoms with Gasteiger partial charge in [-0.3, -0.25) is 4.79 Å². The van der Waals surface area contributed by atoms with Crippen molar-refractivity contribution in [1.29, 1.82) is 0 Å². The summed E-state index contributed by atoms with van der Waals surface area (Å²) < 4.78 is 12.1. The standard InChI is InChI=1S/C8H10FNO2S/c1-8(2,7(11)12)6-10-5(3-9)4-13-6/h4H,3H2,1-2H3,(H,11,12). The van der Waals surface area contributed by atoms with Crippen LogP contribution in [0.25, 0.3) is 0 Å². The number of carboxylic acids is 1. The van der Waals surface area contributed by atoms with Crippen LogP contribution in [-0.4, -0.2) is 16.1 Å². The summed E-state index contributed by atoms with van der Waals surface area (Å²) in [5.41, 5.74) is -0.729. The highest BCUT2D eigenvalue weighted by molar-refractivity contribution is 7.10. The van der Waals surface area contributed by atoms with Gasteiger partial charge in [0.05, 0.1) is 5.69 Å². The molecule has 0 atom stereocenters. The van der Waals surface area contributed by atoms with Gasteiger partial charge in [0, 0.05) is 5.38 Å². The second-order valence-corrected chi connectivity index (χ2v) is 4.07. The summed E-state index contributed by atoms with van der Waals surface area (Å²) >= 11 is 1.18. The fourth-order valence-corrected chi connectivity index (χ4v) is 1.66. The molecular formula is C8H10FNO2S. The van der Waals surface area contributed by atoms with Crippen molar-refractivity contribution >= 4 is 17.3 Å². The van der Waals surface area contributed by atoms with E-state index in [1.807, 2.05) is 0 Å². The summed E-state index contributed by atoms with van der Waals surface area (Å²) in [6.45, 7) is 2.46. The number of rotatable bonds is 3. The number of aromatic nitrogens is 1. The molecule has 0 unspecified atom stereocenters. The Morgan fingerprint density at radius 2 is 2.38 bits per heavy atom. The van der Waals surface area contributed by atoms with Gasteiger partial charge in [-0.1, -0.05) is 0 Å². The molecule has 1 heterocycles. The number of hydrogen-bond donors (Lipinski definition) is 1. The van der Waals surface area contributed by atoms with E-state index in [2.05, 4.69) is 4.98 Å². The normalized spacial score (nSPS) is 11.6. The second kappa shape index (κ2) is 3.41. The molecule has 0 aliphatic rings. The first-order valence-electron chi connectivity index (χ1n) is 3.72. The van der Waals surface area contributed by atoms with Crippen molar-refractivity contribution in [2.24, 2.45) is 0 Å². The van der Waals surface area contributed by atoms with Crippen LogP contribution in [0.3, 0.4) is 0 Å². The largest absolute Gasteiger partial charge is 0.481 e. The number of aliphatic carboxylic acids is 1. The van der Waals surface area contributed by atoms with Gasteiger partial charge in [0.2, 0.25) is 0 Å². The Balaban J connectivity index is 3.00. The van der Waals surface area contributed by atoms with E-state index in [4.69, 9.17) is 5.11 Å². The first-order chi connectivity index (χ1) is 5.98. The van der Waals surface area contributed by atoms with Crippen LogP contribution in [0, 0.1) is 0 Å². The molecule has 0 spiro atoms. The zero-order valence-corrected chi connectivity index (χ0v) is 8.19. The minimum Gasteiger partial charge on any atom is -0.481 e. The van der Waals surface area contributed by atoms with Crippen LogP contribution < -0.4 is 0 Å². The van der Waals surface area contributed by atoms with Gasteiger partial charge in [-0.2, -0.15) is 0 Å². The van der Waals surface area contributed by atoms with E-state index in [0.717, 1.165) is 0 Å². The molecule has 0 fully saturated rings. The van der Waals surface area contributed by atoms with Gasteiger partial charge in [0.1, 0.15) is 17.1 Å². The van der Waals surface area contributed by atoms with E-state index in [0.29, 0.717) is 10.7 Å². The Kier molecular flexibility index (Phi) is 2.66. The summed E-state index contributed by atoms with van der Waals surface area (Å²) in [6.07, 6.45) is 0. The number of thiazole rings is 1. The van der Waals surface area contributed by atoms with Gasteiger partial charge in [0.15, 0.2) is 0 Å². The highest BCUT2D eigenvalue weighted by Gasteiger charge is 2.32. The SMILES string of the molecule is CC(C)(C(=O)O)c1nc(CF)cs1. The van der Waals surface area contributed by atoms with Crippen LogP contribution in [-0.2, 0) is 16.9 Å². The topological polar surface area (TPSA) is 50.2 Å². The maximum atomic E-state index is 12.1. The van der Waals surface area contributed by atoms with E-state index in [1.54, 1.807) is 19.2 Å². The minimum absolute atomic E-state index is 0.300. The fourth-order valence-electron chi connectivity index (χ4n) is 0.747. The predicted octanol–water partition coefficient (Wildman–Crippen LogP) is 1.97. The lowest BCUT2D eigenvalue weighted by Gasteiger charge is -2.14. The lowest BCUT2D eigenvalue weighted by molar-refractivity contribution is -0.142. The Labute approximate surface area is 79.2 Å². The van der Waals surface area contributed by atoms with Crippen molar-refractivity contribution in [2.75, 3.05) is 0 Å². The monoisotopic (exact) mass is 203 g/mol. The third-order valence-electron chi connectivity index (χ3n) is 1.76. The fraction of sp³-hybridized carbons (Fsp3) is 0.500. The molecule has 1 rings (SSSR count). The highest BCUT2D eigenvalue weighted by Crippen LogP contribution is 2.26. The zero-order valence-electron chi connectivity index (χ0n) is 7.37. The van der Waals surface area contributed by atoms with Crippen LogP contribution >= 0.6 is 11.3 Å². The highest BCUT2D eigenvalue weighted by atomic mass is 32.1. The summed E-state index contributed by atoms with van der Waals surface area (Å²) in [5.74, 6) is -0.952. The van der Waals surface area contributed by atoms with E-state index in [9.17, 15) is 9.18 Å². The third kappa shape index (κ3) is 1.85. The molecule has 0 saturated carbocycles. The van der Waals surface area contributed by atoms with Gasteiger partial charge < -0.3 is 5.11 Å². The Morgan fingerprint density at radius 1 is 1.77 bits per heavy atom. The van der Waals surface area contributed by atoms with Crippen LogP contribution in [0.5, 0.6) is 0 Å². The molecular weight excluding hydrogens is 193 g/mol. The van der Waals surface area contributed by atoms with E-state index < -0.39 is 18.1 Å². The molecule has 72 valence electrons. The first kappa shape index (κ1) is 10.1. The maximum absolute atomic E-state index is 12.1. The summed E-state index contributed by atoms with van der Waals surface area (Å²) in [6, 6.07) is 0. The van der Waals surface area contributed by atoms with Crippen LogP contribution in [0.15, 0.2) is 5.38 Å². The molecule has 1 aromatic rings. The molecule has 1 N–H and O–H groups in total. The van der Waals surface area contributed by atoms with Crippen LogP contribution in [0.1, 0.15) is 24.5 Å². The van der Waals surface area contributed by atoms with Crippen molar-refractivity contribution in [2.45, 2.75) is 25.9 Å². The number of hydrogen-bond acceptors (Lipinski definition) is 3. The molecule has 0 saturated heterocycles. The maximum Gasteiger partial charge on any atom is 0.316 e. The van der Waals surface area contributed by atoms with Crippen LogP contribution in [0.4, 0.5) is 4.39 Å². The number of nitrogens with zero attached hydrogens (tertiary/aromatic N) is 1. The second-order valence-electron chi connectivity index (χ2n) is 3.21. The smallest absolute Gasteiger partial charge is 0.316 e. The van der Waals surface area contributed by atoms with Gasteiger partial charge in [-0.05, 0) is 13.8 Å². The third-order valence-corrected chi connectivity index (χ3v) is 2.97. The van der Waals surface area contributed by atoms with Gasteiger partial charge in [-0.15, -0.1) is 11.3 Å². The summed E-state index contributed by atoms with van der Waals surface area (Å²) in [4.78, 5) is 14.7. The van der Waals surface area contributed by atoms with E-state index in [-0.39, 0.29) is 0 Å². The molecule has 0 bridgehead atoms. The lowest BCUT2D eigenvalue weighted by Crippen LogP contribution is -2.28. The average molecular weight is 203 g/mol. The van der Waals surface area contributed by atoms with Crippen molar-refractivity contribution < 1.29 is 14.3 Å². The molecule has 0 radical (unpaired) electrons. The number of carbonyl (C=O) groups is 1. The average Bonchev–Trinajstić information content (AvgIpc) is 2.51. The molecule has 13 heavy (non-hydrogen) atoms. The van der Waals surface area contributed by atoms with E-state index in [1.165, 1.54) is 11.3 Å². The molecule has 0 amide bonds. The molecule has 0 aliphatic carbocycles. The molecule has 5 heteroatoms. The van der Waals surface area contributed by atoms with Crippen molar-refractivity contribution in [3.8, 4) is 0 Å². The van der Waals surface area contributed by atoms with Gasteiger partial charge in [-0.25, -0.2) is 9.37 Å². The minimum atomic E-state index is -1.03. The summed E-state index contributed by atoms with van der Waals surface area (Å²) in [5, 5.41) is 10.8. The quantitative estimate of drug-likeness (QED) is 0.817. The molecule has 0 aromatic carbocycles. The van der Waals surface area contributed by atoms with Crippen molar-refractivity contribution in [3.63, 3.8) is 0 Å².